The van der Waals surface area contributed by atoms with E-state index in [1.807, 2.05) is 6.92 Å². The lowest BCUT2D eigenvalue weighted by atomic mass is 10.2. The van der Waals surface area contributed by atoms with Crippen LogP contribution in [0.2, 0.25) is 0 Å². The van der Waals surface area contributed by atoms with E-state index in [2.05, 4.69) is 15.1 Å². The molecule has 1 N–H and O–H groups in total. The van der Waals surface area contributed by atoms with Crippen molar-refractivity contribution in [2.45, 2.75) is 32.2 Å². The maximum atomic E-state index is 10.0. The summed E-state index contributed by atoms with van der Waals surface area (Å²) in [6.45, 7) is 3.09. The van der Waals surface area contributed by atoms with Gasteiger partial charge in [-0.2, -0.15) is 0 Å². The number of thiazole rings is 1. The van der Waals surface area contributed by atoms with Gasteiger partial charge in [0, 0.05) is 11.3 Å². The Labute approximate surface area is 103 Å². The molecule has 17 heavy (non-hydrogen) atoms. The Bertz CT molecular complexity index is 402. The van der Waals surface area contributed by atoms with Crippen LogP contribution < -0.4 is 5.32 Å². The van der Waals surface area contributed by atoms with Crippen LogP contribution in [0.25, 0.3) is 0 Å². The predicted molar refractivity (Wildman–Crippen MR) is 63.5 cm³/mol. The van der Waals surface area contributed by atoms with E-state index < -0.39 is 5.09 Å². The first-order chi connectivity index (χ1) is 8.16. The summed E-state index contributed by atoms with van der Waals surface area (Å²) in [5.41, 5.74) is 0.964. The highest BCUT2D eigenvalue weighted by molar-refractivity contribution is 7.11. The Morgan fingerprint density at radius 2 is 2.53 bits per heavy atom. The largest absolute Gasteiger partial charge is 0.314 e. The van der Waals surface area contributed by atoms with Gasteiger partial charge in [0.15, 0.2) is 0 Å². The van der Waals surface area contributed by atoms with E-state index in [1.165, 1.54) is 6.42 Å². The minimum atomic E-state index is -0.754. The van der Waals surface area contributed by atoms with Crippen LogP contribution in [0, 0.1) is 17.0 Å². The maximum absolute atomic E-state index is 10.0. The number of nitrogens with one attached hydrogen (secondary N) is 1. The zero-order chi connectivity index (χ0) is 12.3. The zero-order valence-corrected chi connectivity index (χ0v) is 10.5. The van der Waals surface area contributed by atoms with Gasteiger partial charge in [0.2, 0.25) is 0 Å². The SMILES string of the molecule is Cc1nc(C2CCCN2)sc1CCO[N+](=O)[O-]. The van der Waals surface area contributed by atoms with Crippen molar-refractivity contribution in [2.75, 3.05) is 13.2 Å². The third kappa shape index (κ3) is 3.13. The average Bonchev–Trinajstić information content (AvgIpc) is 2.87. The van der Waals surface area contributed by atoms with Crippen LogP contribution in [0.1, 0.15) is 34.5 Å². The number of aromatic nitrogens is 1. The first-order valence-electron chi connectivity index (χ1n) is 5.63. The fourth-order valence-electron chi connectivity index (χ4n) is 1.94. The van der Waals surface area contributed by atoms with Gasteiger partial charge in [0.1, 0.15) is 11.6 Å². The van der Waals surface area contributed by atoms with Crippen LogP contribution >= 0.6 is 11.3 Å². The van der Waals surface area contributed by atoms with Crippen molar-refractivity contribution in [3.05, 3.63) is 25.7 Å². The summed E-state index contributed by atoms with van der Waals surface area (Å²) in [5.74, 6) is 0. The molecule has 0 radical (unpaired) electrons. The minimum Gasteiger partial charge on any atom is -0.314 e. The second-order valence-electron chi connectivity index (χ2n) is 4.02. The predicted octanol–water partition coefficient (Wildman–Crippen LogP) is 1.63. The molecule has 0 aliphatic carbocycles. The molecule has 2 heterocycles. The molecule has 0 spiro atoms. The lowest BCUT2D eigenvalue weighted by molar-refractivity contribution is -0.757. The summed E-state index contributed by atoms with van der Waals surface area (Å²) in [4.78, 5) is 20.0. The van der Waals surface area contributed by atoms with Gasteiger partial charge in [-0.3, -0.25) is 0 Å². The molecule has 0 bridgehead atoms. The van der Waals surface area contributed by atoms with Crippen molar-refractivity contribution in [3.63, 3.8) is 0 Å². The lowest BCUT2D eigenvalue weighted by Gasteiger charge is -2.04. The molecule has 1 fully saturated rings. The lowest BCUT2D eigenvalue weighted by Crippen LogP contribution is -2.12. The number of nitrogens with zero attached hydrogens (tertiary/aromatic N) is 2. The van der Waals surface area contributed by atoms with E-state index in [0.717, 1.165) is 28.5 Å². The summed E-state index contributed by atoms with van der Waals surface area (Å²) in [6, 6.07) is 0.365. The molecule has 2 rings (SSSR count). The first-order valence-corrected chi connectivity index (χ1v) is 6.45. The van der Waals surface area contributed by atoms with E-state index in [0.29, 0.717) is 12.5 Å². The van der Waals surface area contributed by atoms with Crippen molar-refractivity contribution < 1.29 is 9.92 Å². The summed E-state index contributed by atoms with van der Waals surface area (Å²) in [7, 11) is 0. The monoisotopic (exact) mass is 257 g/mol. The molecule has 1 aromatic rings. The molecule has 1 saturated heterocycles. The zero-order valence-electron chi connectivity index (χ0n) is 9.64. The van der Waals surface area contributed by atoms with Crippen LogP contribution in [-0.4, -0.2) is 23.2 Å². The average molecular weight is 257 g/mol. The van der Waals surface area contributed by atoms with E-state index >= 15 is 0 Å². The van der Waals surface area contributed by atoms with Gasteiger partial charge in [-0.25, -0.2) is 4.98 Å². The van der Waals surface area contributed by atoms with Gasteiger partial charge in [0.25, 0.3) is 5.09 Å². The van der Waals surface area contributed by atoms with Crippen LogP contribution in [0.3, 0.4) is 0 Å². The highest BCUT2D eigenvalue weighted by Gasteiger charge is 2.20. The fraction of sp³-hybridized carbons (Fsp3) is 0.700. The first kappa shape index (κ1) is 12.3. The molecule has 94 valence electrons. The summed E-state index contributed by atoms with van der Waals surface area (Å²) >= 11 is 1.63. The van der Waals surface area contributed by atoms with Crippen molar-refractivity contribution in [1.82, 2.24) is 10.3 Å². The number of hydrogen-bond acceptors (Lipinski definition) is 6. The highest BCUT2D eigenvalue weighted by atomic mass is 32.1. The van der Waals surface area contributed by atoms with E-state index in [4.69, 9.17) is 0 Å². The fourth-order valence-corrected chi connectivity index (χ4v) is 3.10. The summed E-state index contributed by atoms with van der Waals surface area (Å²) in [6.07, 6.45) is 2.86. The Hall–Kier alpha value is -1.21. The van der Waals surface area contributed by atoms with Gasteiger partial charge in [-0.1, -0.05) is 0 Å². The summed E-state index contributed by atoms with van der Waals surface area (Å²) < 4.78 is 0. The Morgan fingerprint density at radius 1 is 1.71 bits per heavy atom. The maximum Gasteiger partial charge on any atom is 0.294 e. The van der Waals surface area contributed by atoms with Crippen molar-refractivity contribution in [2.24, 2.45) is 0 Å². The van der Waals surface area contributed by atoms with Gasteiger partial charge in [-0.05, 0) is 26.3 Å². The van der Waals surface area contributed by atoms with Crippen LogP contribution in [0.4, 0.5) is 0 Å². The van der Waals surface area contributed by atoms with E-state index in [-0.39, 0.29) is 6.61 Å². The molecule has 1 aromatic heterocycles. The minimum absolute atomic E-state index is 0.105. The van der Waals surface area contributed by atoms with Crippen molar-refractivity contribution in [1.29, 1.82) is 0 Å². The standard InChI is InChI=1S/C10H15N3O3S/c1-7-9(4-6-16-13(14)15)17-10(12-7)8-3-2-5-11-8/h8,11H,2-6H2,1H3. The van der Waals surface area contributed by atoms with Crippen molar-refractivity contribution >= 4 is 11.3 Å². The molecule has 7 heteroatoms. The normalized spacial score (nSPS) is 19.5. The van der Waals surface area contributed by atoms with E-state index in [9.17, 15) is 10.1 Å². The molecular weight excluding hydrogens is 242 g/mol. The van der Waals surface area contributed by atoms with Gasteiger partial charge in [-0.15, -0.1) is 21.5 Å². The molecule has 0 amide bonds. The molecule has 6 nitrogen and oxygen atoms in total. The third-order valence-corrected chi connectivity index (χ3v) is 4.12. The van der Waals surface area contributed by atoms with Crippen LogP contribution in [-0.2, 0) is 11.3 Å². The molecule has 0 saturated carbocycles. The molecule has 0 aromatic carbocycles. The smallest absolute Gasteiger partial charge is 0.294 e. The Kier molecular flexibility index (Phi) is 3.90. The van der Waals surface area contributed by atoms with Crippen LogP contribution in [0.5, 0.6) is 0 Å². The van der Waals surface area contributed by atoms with Crippen molar-refractivity contribution in [3.8, 4) is 0 Å². The molecule has 1 aliphatic heterocycles. The second kappa shape index (κ2) is 5.42. The van der Waals surface area contributed by atoms with Gasteiger partial charge >= 0.3 is 0 Å². The number of hydrogen-bond donors (Lipinski definition) is 1. The topological polar surface area (TPSA) is 77.3 Å². The Balaban J connectivity index is 1.95. The number of aryl methyl sites for hydroxylation is 1. The number of rotatable bonds is 5. The quantitative estimate of drug-likeness (QED) is 0.640. The molecule has 1 aliphatic rings. The molecule has 1 unspecified atom stereocenters. The van der Waals surface area contributed by atoms with Crippen LogP contribution in [0.15, 0.2) is 0 Å². The Morgan fingerprint density at radius 3 is 3.18 bits per heavy atom. The third-order valence-electron chi connectivity index (χ3n) is 2.79. The van der Waals surface area contributed by atoms with Gasteiger partial charge < -0.3 is 10.2 Å². The highest BCUT2D eigenvalue weighted by Crippen LogP contribution is 2.29. The van der Waals surface area contributed by atoms with E-state index in [1.54, 1.807) is 11.3 Å². The molecular formula is C10H15N3O3S. The molecule has 1 atom stereocenters. The summed E-state index contributed by atoms with van der Waals surface area (Å²) in [5, 5.41) is 13.8. The van der Waals surface area contributed by atoms with Gasteiger partial charge in [0.05, 0.1) is 11.7 Å². The second-order valence-corrected chi connectivity index (χ2v) is 5.13.